The van der Waals surface area contributed by atoms with Crippen LogP contribution in [0.3, 0.4) is 0 Å². The van der Waals surface area contributed by atoms with Gasteiger partial charge in [0.25, 0.3) is 11.6 Å². The number of nitrogen functional groups attached to an aromatic ring is 1. The molecule has 3 N–H and O–H groups in total. The van der Waals surface area contributed by atoms with Crippen LogP contribution in [-0.4, -0.2) is 49.0 Å². The molecule has 0 bridgehead atoms. The molecule has 14 heteroatoms. The van der Waals surface area contributed by atoms with Crippen molar-refractivity contribution >= 4 is 23.1 Å². The number of aromatic nitrogens is 5. The van der Waals surface area contributed by atoms with Crippen molar-refractivity contribution < 1.29 is 19.1 Å². The van der Waals surface area contributed by atoms with Crippen LogP contribution >= 0.6 is 0 Å². The number of nitrogens with one attached hydrogen (secondary N) is 1. The van der Waals surface area contributed by atoms with Gasteiger partial charge in [-0.15, -0.1) is 5.10 Å². The summed E-state index contributed by atoms with van der Waals surface area (Å²) in [5.41, 5.74) is 11.1. The zero-order valence-corrected chi connectivity index (χ0v) is 18.9. The molecule has 14 nitrogen and oxygen atoms in total. The molecule has 1 aliphatic carbocycles. The van der Waals surface area contributed by atoms with Gasteiger partial charge in [-0.2, -0.15) is 9.78 Å². The molecule has 4 aromatic rings. The SMILES string of the molecule is COc1ccc2c(c1)CCC/C2=N\NC(=O)c1nnn(-c2nonc2N)c1-c1cccc([N+](=O)[O-])c1. The van der Waals surface area contributed by atoms with Crippen molar-refractivity contribution in [2.45, 2.75) is 19.3 Å². The minimum atomic E-state index is -0.675. The van der Waals surface area contributed by atoms with E-state index in [-0.39, 0.29) is 34.3 Å². The molecule has 0 fully saturated rings. The summed E-state index contributed by atoms with van der Waals surface area (Å²) >= 11 is 0. The first-order valence-corrected chi connectivity index (χ1v) is 10.8. The number of non-ortho nitro benzene ring substituents is 1. The average Bonchev–Trinajstić information content (AvgIpc) is 3.52. The Morgan fingerprint density at radius 3 is 2.86 bits per heavy atom. The lowest BCUT2D eigenvalue weighted by molar-refractivity contribution is -0.384. The minimum absolute atomic E-state index is 0.0236. The number of hydrogen-bond donors (Lipinski definition) is 2. The van der Waals surface area contributed by atoms with Crippen LogP contribution in [0.2, 0.25) is 0 Å². The number of fused-ring (bicyclic) bond motifs is 1. The van der Waals surface area contributed by atoms with E-state index in [0.717, 1.165) is 34.4 Å². The Balaban J connectivity index is 1.53. The van der Waals surface area contributed by atoms with Crippen molar-refractivity contribution in [1.82, 2.24) is 30.7 Å². The normalized spacial score (nSPS) is 13.9. The highest BCUT2D eigenvalue weighted by atomic mass is 16.6. The van der Waals surface area contributed by atoms with Crippen LogP contribution in [0.15, 0.2) is 52.2 Å². The number of methoxy groups -OCH3 is 1. The lowest BCUT2D eigenvalue weighted by Crippen LogP contribution is -2.23. The molecule has 0 saturated carbocycles. The maximum absolute atomic E-state index is 13.2. The highest BCUT2D eigenvalue weighted by Gasteiger charge is 2.26. The van der Waals surface area contributed by atoms with Gasteiger partial charge in [-0.1, -0.05) is 17.3 Å². The first kappa shape index (κ1) is 22.6. The molecule has 5 rings (SSSR count). The van der Waals surface area contributed by atoms with Gasteiger partial charge in [-0.25, -0.2) is 10.1 Å². The number of nitrogens with zero attached hydrogens (tertiary/aromatic N) is 7. The first-order chi connectivity index (χ1) is 17.5. The van der Waals surface area contributed by atoms with Crippen molar-refractivity contribution in [3.63, 3.8) is 0 Å². The summed E-state index contributed by atoms with van der Waals surface area (Å²) in [5, 5.41) is 30.9. The van der Waals surface area contributed by atoms with Crippen LogP contribution in [0.5, 0.6) is 5.75 Å². The van der Waals surface area contributed by atoms with Gasteiger partial charge >= 0.3 is 0 Å². The van der Waals surface area contributed by atoms with Gasteiger partial charge in [-0.05, 0) is 53.3 Å². The van der Waals surface area contributed by atoms with E-state index in [9.17, 15) is 14.9 Å². The predicted octanol–water partition coefficient (Wildman–Crippen LogP) is 2.29. The standard InChI is InChI=1S/C22H19N9O5/c1-35-15-8-9-16-12(11-15)4-3-7-17(16)24-26-22(32)18-19(13-5-2-6-14(10-13)31(33)34)30(29-25-18)21-20(23)27-36-28-21/h2,5-6,8-11H,3-4,7H2,1H3,(H2,23,27)(H,26,32)/b24-17+. The largest absolute Gasteiger partial charge is 0.497 e. The molecule has 36 heavy (non-hydrogen) atoms. The molecular formula is C22H19N9O5. The number of benzene rings is 2. The molecular weight excluding hydrogens is 470 g/mol. The van der Waals surface area contributed by atoms with E-state index in [0.29, 0.717) is 12.1 Å². The number of amides is 1. The third-order valence-corrected chi connectivity index (χ3v) is 5.69. The molecule has 0 radical (unpaired) electrons. The van der Waals surface area contributed by atoms with Gasteiger partial charge < -0.3 is 10.5 Å². The molecule has 0 aliphatic heterocycles. The number of carbonyl (C=O) groups excluding carboxylic acids is 1. The zero-order valence-electron chi connectivity index (χ0n) is 18.9. The third kappa shape index (κ3) is 4.11. The van der Waals surface area contributed by atoms with Crippen LogP contribution in [0.1, 0.15) is 34.5 Å². The number of hydrazone groups is 1. The molecule has 0 unspecified atom stereocenters. The maximum atomic E-state index is 13.2. The number of ether oxygens (including phenoxy) is 1. The van der Waals surface area contributed by atoms with Gasteiger partial charge in [0.1, 0.15) is 11.4 Å². The lowest BCUT2D eigenvalue weighted by Gasteiger charge is -2.18. The lowest BCUT2D eigenvalue weighted by atomic mass is 9.90. The van der Waals surface area contributed by atoms with E-state index in [1.807, 2.05) is 18.2 Å². The van der Waals surface area contributed by atoms with Crippen molar-refractivity contribution in [3.05, 3.63) is 69.4 Å². The Morgan fingerprint density at radius 1 is 1.25 bits per heavy atom. The van der Waals surface area contributed by atoms with Crippen molar-refractivity contribution in [1.29, 1.82) is 0 Å². The van der Waals surface area contributed by atoms with Gasteiger partial charge in [0.05, 0.1) is 17.7 Å². The van der Waals surface area contributed by atoms with E-state index in [4.69, 9.17) is 10.5 Å². The number of hydrogen-bond acceptors (Lipinski definition) is 11. The highest BCUT2D eigenvalue weighted by Crippen LogP contribution is 2.29. The van der Waals surface area contributed by atoms with E-state index in [1.54, 1.807) is 13.2 Å². The Morgan fingerprint density at radius 2 is 2.11 bits per heavy atom. The van der Waals surface area contributed by atoms with Crippen LogP contribution in [-0.2, 0) is 6.42 Å². The minimum Gasteiger partial charge on any atom is -0.497 e. The summed E-state index contributed by atoms with van der Waals surface area (Å²) in [7, 11) is 1.61. The summed E-state index contributed by atoms with van der Waals surface area (Å²) in [6, 6.07) is 11.3. The zero-order chi connectivity index (χ0) is 25.2. The fraction of sp³-hybridized carbons (Fsp3) is 0.182. The second kappa shape index (κ2) is 9.25. The molecule has 2 aromatic heterocycles. The second-order valence-electron chi connectivity index (χ2n) is 7.86. The van der Waals surface area contributed by atoms with Gasteiger partial charge in [0.15, 0.2) is 5.69 Å². The Bertz CT molecular complexity index is 1510. The van der Waals surface area contributed by atoms with Crippen LogP contribution < -0.4 is 15.9 Å². The summed E-state index contributed by atoms with van der Waals surface area (Å²) in [4.78, 5) is 24.0. The first-order valence-electron chi connectivity index (χ1n) is 10.8. The summed E-state index contributed by atoms with van der Waals surface area (Å²) in [6.07, 6.45) is 2.41. The fourth-order valence-electron chi connectivity index (χ4n) is 4.00. The highest BCUT2D eigenvalue weighted by molar-refractivity contribution is 6.04. The number of carbonyl (C=O) groups is 1. The molecule has 0 spiro atoms. The topological polar surface area (TPSA) is 189 Å². The molecule has 182 valence electrons. The third-order valence-electron chi connectivity index (χ3n) is 5.69. The fourth-order valence-corrected chi connectivity index (χ4v) is 4.00. The Labute approximate surface area is 202 Å². The van der Waals surface area contributed by atoms with Crippen LogP contribution in [0, 0.1) is 10.1 Å². The Hall–Kier alpha value is -5.14. The predicted molar refractivity (Wildman–Crippen MR) is 126 cm³/mol. The van der Waals surface area contributed by atoms with Gasteiger partial charge in [-0.3, -0.25) is 14.9 Å². The van der Waals surface area contributed by atoms with E-state index in [2.05, 4.69) is 35.8 Å². The number of aryl methyl sites for hydroxylation is 1. The molecule has 1 aliphatic rings. The molecule has 0 atom stereocenters. The van der Waals surface area contributed by atoms with E-state index < -0.39 is 10.8 Å². The quantitative estimate of drug-likeness (QED) is 0.300. The Kier molecular flexibility index (Phi) is 5.82. The van der Waals surface area contributed by atoms with E-state index in [1.165, 1.54) is 18.2 Å². The molecule has 1 amide bonds. The molecule has 2 heterocycles. The summed E-state index contributed by atoms with van der Waals surface area (Å²) in [5.74, 6) is -0.0534. The smallest absolute Gasteiger partial charge is 0.294 e. The monoisotopic (exact) mass is 489 g/mol. The molecule has 2 aromatic carbocycles. The van der Waals surface area contributed by atoms with Crippen molar-refractivity contribution in [3.8, 4) is 22.8 Å². The second-order valence-corrected chi connectivity index (χ2v) is 7.86. The number of nitrogens with two attached hydrogens (primary N) is 1. The number of nitro benzene ring substituents is 1. The number of rotatable bonds is 6. The maximum Gasteiger partial charge on any atom is 0.294 e. The van der Waals surface area contributed by atoms with E-state index >= 15 is 0 Å². The summed E-state index contributed by atoms with van der Waals surface area (Å²) in [6.45, 7) is 0. The van der Waals surface area contributed by atoms with Gasteiger partial charge in [0, 0.05) is 23.3 Å². The van der Waals surface area contributed by atoms with Crippen LogP contribution in [0.4, 0.5) is 11.5 Å². The molecule has 0 saturated heterocycles. The summed E-state index contributed by atoms with van der Waals surface area (Å²) < 4.78 is 11.1. The average molecular weight is 489 g/mol. The number of nitro groups is 1. The van der Waals surface area contributed by atoms with Crippen molar-refractivity contribution in [2.75, 3.05) is 12.8 Å². The number of anilines is 1. The van der Waals surface area contributed by atoms with Crippen LogP contribution in [0.25, 0.3) is 17.1 Å². The van der Waals surface area contributed by atoms with Gasteiger partial charge in [0.2, 0.25) is 11.6 Å². The van der Waals surface area contributed by atoms with Crippen molar-refractivity contribution in [2.24, 2.45) is 5.10 Å².